The number of nitrogens with one attached hydrogen (secondary N) is 1. The molecule has 0 radical (unpaired) electrons. The summed E-state index contributed by atoms with van der Waals surface area (Å²) in [6.45, 7) is 5.43. The van der Waals surface area contributed by atoms with Gasteiger partial charge in [-0.15, -0.1) is 0 Å². The zero-order valence-corrected chi connectivity index (χ0v) is 12.2. The molecule has 100 valence electrons. The average molecular weight is 265 g/mol. The van der Waals surface area contributed by atoms with E-state index in [-0.39, 0.29) is 0 Å². The van der Waals surface area contributed by atoms with E-state index >= 15 is 0 Å². The SMILES string of the molecule is Cc1ccnc(SCCNC2CCCC(C)C2)n1. The molecule has 0 aliphatic heterocycles. The van der Waals surface area contributed by atoms with Crippen LogP contribution in [0.1, 0.15) is 38.3 Å². The molecule has 1 aliphatic carbocycles. The Bertz CT molecular complexity index is 370. The highest BCUT2D eigenvalue weighted by Crippen LogP contribution is 2.23. The van der Waals surface area contributed by atoms with Crippen LogP contribution in [0.4, 0.5) is 0 Å². The van der Waals surface area contributed by atoms with Crippen molar-refractivity contribution in [1.82, 2.24) is 15.3 Å². The Labute approximate surface area is 114 Å². The predicted octanol–water partition coefficient (Wildman–Crippen LogP) is 3.05. The van der Waals surface area contributed by atoms with E-state index < -0.39 is 0 Å². The van der Waals surface area contributed by atoms with Crippen molar-refractivity contribution >= 4 is 11.8 Å². The Morgan fingerprint density at radius 1 is 1.44 bits per heavy atom. The first-order chi connectivity index (χ1) is 8.74. The molecule has 3 nitrogen and oxygen atoms in total. The standard InChI is InChI=1S/C14H23N3S/c1-11-4-3-5-13(10-11)15-8-9-18-14-16-7-6-12(2)17-14/h6-7,11,13,15H,3-5,8-10H2,1-2H3. The summed E-state index contributed by atoms with van der Waals surface area (Å²) in [6, 6.07) is 2.67. The van der Waals surface area contributed by atoms with E-state index in [0.717, 1.165) is 35.1 Å². The Kier molecular flexibility index (Phi) is 5.45. The van der Waals surface area contributed by atoms with Crippen molar-refractivity contribution in [2.24, 2.45) is 5.92 Å². The smallest absolute Gasteiger partial charge is 0.187 e. The summed E-state index contributed by atoms with van der Waals surface area (Å²) < 4.78 is 0. The van der Waals surface area contributed by atoms with Gasteiger partial charge in [0.05, 0.1) is 0 Å². The average Bonchev–Trinajstić information content (AvgIpc) is 2.35. The number of thioether (sulfide) groups is 1. The van der Waals surface area contributed by atoms with Crippen LogP contribution in [0, 0.1) is 12.8 Å². The van der Waals surface area contributed by atoms with Crippen LogP contribution in [0.15, 0.2) is 17.4 Å². The molecule has 18 heavy (non-hydrogen) atoms. The zero-order chi connectivity index (χ0) is 12.8. The molecule has 2 unspecified atom stereocenters. The normalized spacial score (nSPS) is 24.1. The highest BCUT2D eigenvalue weighted by atomic mass is 32.2. The monoisotopic (exact) mass is 265 g/mol. The van der Waals surface area contributed by atoms with E-state index in [9.17, 15) is 0 Å². The van der Waals surface area contributed by atoms with Gasteiger partial charge in [-0.25, -0.2) is 9.97 Å². The molecule has 1 aromatic rings. The molecular weight excluding hydrogens is 242 g/mol. The van der Waals surface area contributed by atoms with E-state index in [0.29, 0.717) is 0 Å². The van der Waals surface area contributed by atoms with E-state index in [4.69, 9.17) is 0 Å². The number of aryl methyl sites for hydroxylation is 1. The van der Waals surface area contributed by atoms with Crippen molar-refractivity contribution in [2.75, 3.05) is 12.3 Å². The van der Waals surface area contributed by atoms with Crippen molar-refractivity contribution in [3.8, 4) is 0 Å². The lowest BCUT2D eigenvalue weighted by atomic mass is 9.87. The third kappa shape index (κ3) is 4.58. The summed E-state index contributed by atoms with van der Waals surface area (Å²) in [5.41, 5.74) is 1.04. The highest BCUT2D eigenvalue weighted by molar-refractivity contribution is 7.99. The molecule has 1 saturated carbocycles. The van der Waals surface area contributed by atoms with Crippen LogP contribution in [0.3, 0.4) is 0 Å². The molecule has 1 fully saturated rings. The molecule has 2 atom stereocenters. The minimum atomic E-state index is 0.729. The largest absolute Gasteiger partial charge is 0.313 e. The third-order valence-electron chi connectivity index (χ3n) is 3.48. The second-order valence-corrected chi connectivity index (χ2v) is 6.31. The molecule has 0 spiro atoms. The van der Waals surface area contributed by atoms with Crippen LogP contribution < -0.4 is 5.32 Å². The number of hydrogen-bond acceptors (Lipinski definition) is 4. The second-order valence-electron chi connectivity index (χ2n) is 5.25. The Morgan fingerprint density at radius 2 is 2.33 bits per heavy atom. The molecular formula is C14H23N3S. The quantitative estimate of drug-likeness (QED) is 0.504. The van der Waals surface area contributed by atoms with Gasteiger partial charge in [0.1, 0.15) is 0 Å². The summed E-state index contributed by atoms with van der Waals surface area (Å²) in [6.07, 6.45) is 7.31. The van der Waals surface area contributed by atoms with Crippen LogP contribution >= 0.6 is 11.8 Å². The van der Waals surface area contributed by atoms with Crippen LogP contribution in [0.25, 0.3) is 0 Å². The van der Waals surface area contributed by atoms with Crippen LogP contribution in [0.2, 0.25) is 0 Å². The fraction of sp³-hybridized carbons (Fsp3) is 0.714. The number of nitrogens with zero attached hydrogens (tertiary/aromatic N) is 2. The van der Waals surface area contributed by atoms with Gasteiger partial charge in [0.25, 0.3) is 0 Å². The van der Waals surface area contributed by atoms with Gasteiger partial charge < -0.3 is 5.32 Å². The van der Waals surface area contributed by atoms with Crippen molar-refractivity contribution in [3.63, 3.8) is 0 Å². The summed E-state index contributed by atoms with van der Waals surface area (Å²) >= 11 is 1.74. The van der Waals surface area contributed by atoms with Crippen molar-refractivity contribution in [3.05, 3.63) is 18.0 Å². The fourth-order valence-corrected chi connectivity index (χ4v) is 3.27. The van der Waals surface area contributed by atoms with Gasteiger partial charge in [0.15, 0.2) is 5.16 Å². The van der Waals surface area contributed by atoms with Gasteiger partial charge in [0.2, 0.25) is 0 Å². The lowest BCUT2D eigenvalue weighted by Gasteiger charge is -2.27. The Morgan fingerprint density at radius 3 is 3.11 bits per heavy atom. The van der Waals surface area contributed by atoms with Crippen LogP contribution in [-0.2, 0) is 0 Å². The molecule has 4 heteroatoms. The lowest BCUT2D eigenvalue weighted by Crippen LogP contribution is -2.34. The van der Waals surface area contributed by atoms with Gasteiger partial charge in [0, 0.05) is 30.2 Å². The number of rotatable bonds is 5. The minimum absolute atomic E-state index is 0.729. The molecule has 1 aliphatic rings. The predicted molar refractivity (Wildman–Crippen MR) is 76.9 cm³/mol. The topological polar surface area (TPSA) is 37.8 Å². The summed E-state index contributed by atoms with van der Waals surface area (Å²) in [4.78, 5) is 8.65. The molecule has 1 aromatic heterocycles. The minimum Gasteiger partial charge on any atom is -0.313 e. The van der Waals surface area contributed by atoms with E-state index in [2.05, 4.69) is 22.2 Å². The van der Waals surface area contributed by atoms with Crippen molar-refractivity contribution in [2.45, 2.75) is 50.7 Å². The van der Waals surface area contributed by atoms with Gasteiger partial charge in [-0.1, -0.05) is 31.5 Å². The van der Waals surface area contributed by atoms with E-state index in [1.807, 2.05) is 19.2 Å². The van der Waals surface area contributed by atoms with Crippen LogP contribution in [-0.4, -0.2) is 28.3 Å². The number of hydrogen-bond donors (Lipinski definition) is 1. The highest BCUT2D eigenvalue weighted by Gasteiger charge is 2.17. The first kappa shape index (κ1) is 13.8. The van der Waals surface area contributed by atoms with E-state index in [1.165, 1.54) is 25.7 Å². The molecule has 2 rings (SSSR count). The van der Waals surface area contributed by atoms with Gasteiger partial charge in [-0.3, -0.25) is 0 Å². The molecule has 1 N–H and O–H groups in total. The summed E-state index contributed by atoms with van der Waals surface area (Å²) in [5.74, 6) is 1.94. The van der Waals surface area contributed by atoms with Gasteiger partial charge >= 0.3 is 0 Å². The summed E-state index contributed by atoms with van der Waals surface area (Å²) in [5, 5.41) is 4.56. The van der Waals surface area contributed by atoms with Gasteiger partial charge in [-0.2, -0.15) is 0 Å². The van der Waals surface area contributed by atoms with E-state index in [1.54, 1.807) is 11.8 Å². The molecule has 0 bridgehead atoms. The molecule has 0 aromatic carbocycles. The molecule has 1 heterocycles. The first-order valence-electron chi connectivity index (χ1n) is 6.90. The van der Waals surface area contributed by atoms with Crippen molar-refractivity contribution in [1.29, 1.82) is 0 Å². The Balaban J connectivity index is 1.64. The van der Waals surface area contributed by atoms with Crippen molar-refractivity contribution < 1.29 is 0 Å². The summed E-state index contributed by atoms with van der Waals surface area (Å²) in [7, 11) is 0. The fourth-order valence-electron chi connectivity index (χ4n) is 2.52. The maximum absolute atomic E-state index is 4.39. The Hall–Kier alpha value is -0.610. The van der Waals surface area contributed by atoms with Gasteiger partial charge in [-0.05, 0) is 31.7 Å². The first-order valence-corrected chi connectivity index (χ1v) is 7.88. The maximum atomic E-state index is 4.39. The lowest BCUT2D eigenvalue weighted by molar-refractivity contribution is 0.306. The molecule has 0 saturated heterocycles. The molecule has 0 amide bonds. The van der Waals surface area contributed by atoms with Crippen LogP contribution in [0.5, 0.6) is 0 Å². The number of aromatic nitrogens is 2. The second kappa shape index (κ2) is 7.10. The maximum Gasteiger partial charge on any atom is 0.187 e. The zero-order valence-electron chi connectivity index (χ0n) is 11.4. The third-order valence-corrected chi connectivity index (χ3v) is 4.34.